The number of hydrogen-bond acceptors (Lipinski definition) is 4. The Kier molecular flexibility index (Phi) is 6.98. The van der Waals surface area contributed by atoms with Crippen molar-refractivity contribution in [3.63, 3.8) is 0 Å². The lowest BCUT2D eigenvalue weighted by atomic mass is 9.99. The van der Waals surface area contributed by atoms with E-state index in [-0.39, 0.29) is 6.61 Å². The van der Waals surface area contributed by atoms with E-state index >= 15 is 0 Å². The van der Waals surface area contributed by atoms with Crippen LogP contribution >= 0.6 is 0 Å². The molecule has 2 aromatic carbocycles. The van der Waals surface area contributed by atoms with Gasteiger partial charge in [0.25, 0.3) is 0 Å². The van der Waals surface area contributed by atoms with Crippen molar-refractivity contribution in [2.24, 2.45) is 10.3 Å². The summed E-state index contributed by atoms with van der Waals surface area (Å²) in [5.74, 6) is 0. The van der Waals surface area contributed by atoms with Gasteiger partial charge in [-0.05, 0) is 37.1 Å². The van der Waals surface area contributed by atoms with Crippen LogP contribution in [0.3, 0.4) is 0 Å². The van der Waals surface area contributed by atoms with Gasteiger partial charge in [-0.1, -0.05) is 53.3 Å². The summed E-state index contributed by atoms with van der Waals surface area (Å²) in [6.07, 6.45) is -2.72. The summed E-state index contributed by atoms with van der Waals surface area (Å²) in [6.45, 7) is 7.28. The zero-order chi connectivity index (χ0) is 20.7. The molecule has 2 rings (SSSR count). The first-order valence-electron chi connectivity index (χ1n) is 8.44. The maximum absolute atomic E-state index is 12.9. The number of benzene rings is 2. The van der Waals surface area contributed by atoms with Crippen molar-refractivity contribution in [3.8, 4) is 0 Å². The Morgan fingerprint density at radius 2 is 1.79 bits per heavy atom. The van der Waals surface area contributed by atoms with Gasteiger partial charge in [-0.15, -0.1) is 0 Å². The molecule has 2 aromatic rings. The van der Waals surface area contributed by atoms with Crippen molar-refractivity contribution in [3.05, 3.63) is 76.9 Å². The van der Waals surface area contributed by atoms with Crippen LogP contribution in [0.5, 0.6) is 0 Å². The molecule has 0 radical (unpaired) electrons. The molecule has 0 saturated carbocycles. The number of alkyl halides is 3. The molecule has 0 N–H and O–H groups in total. The standard InChI is InChI=1S/C21H21F3N2O2/c1-5-16-8-7-11-19(15(3)25-27-4)20(16)13-28-26-14(2)17-9-6-10-18(12-17)21(22,23)24/h5-12H,1,13H2,2-4H3/b25-15-,26-14+. The van der Waals surface area contributed by atoms with E-state index in [1.807, 2.05) is 18.2 Å². The lowest BCUT2D eigenvalue weighted by molar-refractivity contribution is -0.137. The molecule has 0 amide bonds. The molecule has 0 aromatic heterocycles. The third-order valence-corrected chi connectivity index (χ3v) is 4.07. The molecule has 0 saturated heterocycles. The molecule has 28 heavy (non-hydrogen) atoms. The summed E-state index contributed by atoms with van der Waals surface area (Å²) >= 11 is 0. The van der Waals surface area contributed by atoms with Crippen LogP contribution in [0.15, 0.2) is 59.4 Å². The molecule has 0 atom stereocenters. The maximum Gasteiger partial charge on any atom is 0.416 e. The van der Waals surface area contributed by atoms with Crippen molar-refractivity contribution in [1.82, 2.24) is 0 Å². The van der Waals surface area contributed by atoms with Gasteiger partial charge in [0.1, 0.15) is 13.7 Å². The van der Waals surface area contributed by atoms with E-state index in [9.17, 15) is 13.2 Å². The molecule has 0 aliphatic heterocycles. The molecule has 0 heterocycles. The summed E-state index contributed by atoms with van der Waals surface area (Å²) in [5, 5.41) is 7.92. The van der Waals surface area contributed by atoms with E-state index in [1.54, 1.807) is 26.0 Å². The van der Waals surface area contributed by atoms with Crippen molar-refractivity contribution < 1.29 is 22.8 Å². The van der Waals surface area contributed by atoms with Crippen LogP contribution in [-0.4, -0.2) is 18.5 Å². The molecule has 148 valence electrons. The van der Waals surface area contributed by atoms with E-state index < -0.39 is 11.7 Å². The number of rotatable bonds is 7. The maximum atomic E-state index is 12.9. The summed E-state index contributed by atoms with van der Waals surface area (Å²) < 4.78 is 38.6. The van der Waals surface area contributed by atoms with Gasteiger partial charge in [-0.3, -0.25) is 0 Å². The zero-order valence-electron chi connectivity index (χ0n) is 15.9. The highest BCUT2D eigenvalue weighted by molar-refractivity contribution is 6.00. The van der Waals surface area contributed by atoms with Crippen LogP contribution in [0.4, 0.5) is 13.2 Å². The van der Waals surface area contributed by atoms with E-state index in [2.05, 4.69) is 16.9 Å². The summed E-state index contributed by atoms with van der Waals surface area (Å²) in [7, 11) is 1.46. The first kappa shape index (κ1) is 21.2. The topological polar surface area (TPSA) is 43.2 Å². The Bertz CT molecular complexity index is 903. The second-order valence-corrected chi connectivity index (χ2v) is 5.97. The normalized spacial score (nSPS) is 12.6. The van der Waals surface area contributed by atoms with Crippen LogP contribution in [0.25, 0.3) is 6.08 Å². The summed E-state index contributed by atoms with van der Waals surface area (Å²) in [5.41, 5.74) is 3.06. The quantitative estimate of drug-likeness (QED) is 0.452. The Labute approximate surface area is 162 Å². The minimum absolute atomic E-state index is 0.102. The lowest BCUT2D eigenvalue weighted by Crippen LogP contribution is -2.07. The molecular formula is C21H21F3N2O2. The monoisotopic (exact) mass is 390 g/mol. The Morgan fingerprint density at radius 1 is 1.07 bits per heavy atom. The zero-order valence-corrected chi connectivity index (χ0v) is 15.9. The Hall–Kier alpha value is -3.09. The van der Waals surface area contributed by atoms with Gasteiger partial charge < -0.3 is 9.68 Å². The van der Waals surface area contributed by atoms with Gasteiger partial charge in [0.2, 0.25) is 0 Å². The largest absolute Gasteiger partial charge is 0.416 e. The van der Waals surface area contributed by atoms with Crippen LogP contribution in [0.2, 0.25) is 0 Å². The number of halogens is 3. The molecular weight excluding hydrogens is 369 g/mol. The van der Waals surface area contributed by atoms with Gasteiger partial charge in [-0.2, -0.15) is 13.2 Å². The minimum Gasteiger partial charge on any atom is -0.399 e. The fraction of sp³-hybridized carbons (Fsp3) is 0.238. The molecule has 0 spiro atoms. The molecule has 0 aliphatic carbocycles. The van der Waals surface area contributed by atoms with Gasteiger partial charge in [0.05, 0.1) is 17.0 Å². The highest BCUT2D eigenvalue weighted by Crippen LogP contribution is 2.29. The fourth-order valence-corrected chi connectivity index (χ4v) is 2.65. The molecule has 0 unspecified atom stereocenters. The Morgan fingerprint density at radius 3 is 2.43 bits per heavy atom. The summed E-state index contributed by atoms with van der Waals surface area (Å²) in [4.78, 5) is 10.3. The third kappa shape index (κ3) is 5.22. The van der Waals surface area contributed by atoms with Crippen molar-refractivity contribution in [2.75, 3.05) is 7.11 Å². The molecule has 4 nitrogen and oxygen atoms in total. The van der Waals surface area contributed by atoms with Gasteiger partial charge in [0.15, 0.2) is 0 Å². The molecule has 0 fully saturated rings. The van der Waals surface area contributed by atoms with Gasteiger partial charge in [-0.25, -0.2) is 0 Å². The first-order chi connectivity index (χ1) is 13.3. The Balaban J connectivity index is 2.25. The predicted octanol–water partition coefficient (Wildman–Crippen LogP) is 5.66. The molecule has 0 aliphatic rings. The third-order valence-electron chi connectivity index (χ3n) is 4.07. The van der Waals surface area contributed by atoms with Crippen molar-refractivity contribution in [2.45, 2.75) is 26.6 Å². The van der Waals surface area contributed by atoms with Crippen LogP contribution in [0, 0.1) is 0 Å². The van der Waals surface area contributed by atoms with Crippen LogP contribution < -0.4 is 0 Å². The van der Waals surface area contributed by atoms with Crippen molar-refractivity contribution >= 4 is 17.5 Å². The minimum atomic E-state index is -4.41. The van der Waals surface area contributed by atoms with Crippen LogP contribution in [-0.2, 0) is 22.5 Å². The summed E-state index contributed by atoms with van der Waals surface area (Å²) in [6, 6.07) is 10.6. The van der Waals surface area contributed by atoms with E-state index in [0.717, 1.165) is 28.8 Å². The number of oxime groups is 2. The first-order valence-corrected chi connectivity index (χ1v) is 8.44. The number of nitrogens with zero attached hydrogens (tertiary/aromatic N) is 2. The molecule has 0 bridgehead atoms. The second-order valence-electron chi connectivity index (χ2n) is 5.97. The average Bonchev–Trinajstić information content (AvgIpc) is 2.67. The van der Waals surface area contributed by atoms with Gasteiger partial charge >= 0.3 is 6.18 Å². The number of hydrogen-bond donors (Lipinski definition) is 0. The van der Waals surface area contributed by atoms with Crippen LogP contribution in [0.1, 0.15) is 41.7 Å². The van der Waals surface area contributed by atoms with Crippen molar-refractivity contribution in [1.29, 1.82) is 0 Å². The SMILES string of the molecule is C=Cc1cccc(/C(C)=N\OC)c1CO/N=C(\C)c1cccc(C(F)(F)F)c1. The lowest BCUT2D eigenvalue weighted by Gasteiger charge is -2.12. The van der Waals surface area contributed by atoms with E-state index in [1.165, 1.54) is 13.2 Å². The highest BCUT2D eigenvalue weighted by Gasteiger charge is 2.30. The van der Waals surface area contributed by atoms with Gasteiger partial charge in [0, 0.05) is 11.1 Å². The average molecular weight is 390 g/mol. The molecule has 7 heteroatoms. The highest BCUT2D eigenvalue weighted by atomic mass is 19.4. The smallest absolute Gasteiger partial charge is 0.399 e. The predicted molar refractivity (Wildman–Crippen MR) is 104 cm³/mol. The van der Waals surface area contributed by atoms with E-state index in [0.29, 0.717) is 17.0 Å². The fourth-order valence-electron chi connectivity index (χ4n) is 2.65. The second kappa shape index (κ2) is 9.21. The van der Waals surface area contributed by atoms with E-state index in [4.69, 9.17) is 9.68 Å².